The van der Waals surface area contributed by atoms with Crippen LogP contribution in [0.4, 0.5) is 0 Å². The van der Waals surface area contributed by atoms with Gasteiger partial charge in [0, 0.05) is 11.2 Å². The van der Waals surface area contributed by atoms with Crippen molar-refractivity contribution in [3.8, 4) is 0 Å². The number of hydrogen-bond acceptors (Lipinski definition) is 0. The van der Waals surface area contributed by atoms with Crippen LogP contribution in [0.1, 0.15) is 30.9 Å². The molecule has 0 spiro atoms. The molecule has 1 aromatic rings. The monoisotopic (exact) mass is 422 g/mol. The first-order valence-electron chi connectivity index (χ1n) is 6.71. The Bertz CT molecular complexity index is 754. The molecule has 1 atom stereocenters. The van der Waals surface area contributed by atoms with E-state index in [9.17, 15) is 0 Å². The molecule has 2 aliphatic carbocycles. The predicted octanol–water partition coefficient (Wildman–Crippen LogP) is -0.905. The van der Waals surface area contributed by atoms with Crippen LogP contribution >= 0.6 is 8.20 Å². The van der Waals surface area contributed by atoms with Gasteiger partial charge in [-0.1, -0.05) is 50.7 Å². The van der Waals surface area contributed by atoms with Gasteiger partial charge in [-0.3, -0.25) is 0 Å². The first-order valence-corrected chi connectivity index (χ1v) is 7.61. The van der Waals surface area contributed by atoms with Gasteiger partial charge in [0.25, 0.3) is 0 Å². The van der Waals surface area contributed by atoms with E-state index in [1.165, 1.54) is 46.7 Å². The fourth-order valence-electron chi connectivity index (χ4n) is 3.22. The number of halogens is 2. The van der Waals surface area contributed by atoms with Gasteiger partial charge in [0.2, 0.25) is 0 Å². The van der Waals surface area contributed by atoms with E-state index in [1.807, 2.05) is 0 Å². The molecule has 0 aromatic heterocycles. The van der Waals surface area contributed by atoms with Crippen LogP contribution in [0.25, 0.3) is 6.08 Å². The minimum absolute atomic E-state index is 0. The molecule has 0 radical (unpaired) electrons. The van der Waals surface area contributed by atoms with Gasteiger partial charge in [-0.05, 0) is 53.1 Å². The summed E-state index contributed by atoms with van der Waals surface area (Å²) < 4.78 is 0. The molecule has 0 bridgehead atoms. The van der Waals surface area contributed by atoms with Crippen LogP contribution < -0.4 is 24.8 Å². The maximum absolute atomic E-state index is 2.39. The van der Waals surface area contributed by atoms with Gasteiger partial charge in [-0.15, -0.1) is 0 Å². The second-order valence-electron chi connectivity index (χ2n) is 5.41. The molecule has 3 aliphatic rings. The van der Waals surface area contributed by atoms with Crippen LogP contribution in [-0.4, -0.2) is 5.29 Å². The molecule has 1 unspecified atom stereocenters. The summed E-state index contributed by atoms with van der Waals surface area (Å²) in [6.07, 6.45) is 9.36. The van der Waals surface area contributed by atoms with E-state index in [0.717, 1.165) is 0 Å². The van der Waals surface area contributed by atoms with Gasteiger partial charge in [0.15, 0.2) is 0 Å². The van der Waals surface area contributed by atoms with Crippen LogP contribution in [0.15, 0.2) is 64.5 Å². The minimum Gasteiger partial charge on any atom is -1.00 e. The third-order valence-corrected chi connectivity index (χ3v) is 5.39. The second kappa shape index (κ2) is 7.59. The first-order chi connectivity index (χ1) is 9.24. The normalized spacial score (nSPS) is 20.8. The Morgan fingerprint density at radius 3 is 2.50 bits per heavy atom. The Balaban J connectivity index is 0.000000807. The smallest absolute Gasteiger partial charge is 1.00 e. The van der Waals surface area contributed by atoms with Crippen molar-refractivity contribution >= 4 is 19.6 Å². The van der Waals surface area contributed by atoms with Gasteiger partial charge < -0.3 is 24.8 Å². The average Bonchev–Trinajstić information content (AvgIpc) is 3.05. The Labute approximate surface area is 165 Å². The van der Waals surface area contributed by atoms with Crippen LogP contribution in [-0.2, 0) is 26.2 Å². The number of hydrogen-bond donors (Lipinski definition) is 0. The minimum atomic E-state index is 0. The molecule has 4 heteroatoms. The molecular weight excluding hydrogens is 409 g/mol. The summed E-state index contributed by atoms with van der Waals surface area (Å²) in [5.74, 6) is 0.441. The summed E-state index contributed by atoms with van der Waals surface area (Å²) in [4.78, 5) is 0. The van der Waals surface area contributed by atoms with E-state index in [0.29, 0.717) is 5.92 Å². The van der Waals surface area contributed by atoms with E-state index in [4.69, 9.17) is 0 Å². The second-order valence-corrected chi connectivity index (χ2v) is 6.78. The third-order valence-electron chi connectivity index (χ3n) is 4.09. The summed E-state index contributed by atoms with van der Waals surface area (Å²) in [6.45, 7) is 4.47. The quantitative estimate of drug-likeness (QED) is 0.513. The summed E-state index contributed by atoms with van der Waals surface area (Å²) in [6, 6.07) is 8.74. The predicted molar refractivity (Wildman–Crippen MR) is 84.7 cm³/mol. The van der Waals surface area contributed by atoms with Gasteiger partial charge in [0.05, 0.1) is 0 Å². The van der Waals surface area contributed by atoms with E-state index in [-0.39, 0.29) is 51.0 Å². The maximum Gasteiger partial charge on any atom is 2.00 e. The molecule has 1 heterocycles. The molecule has 0 N–H and O–H groups in total. The summed E-state index contributed by atoms with van der Waals surface area (Å²) in [5, 5.41) is 2.98. The Morgan fingerprint density at radius 1 is 1.00 bits per heavy atom. The summed E-state index contributed by atoms with van der Waals surface area (Å²) >= 11 is 0. The van der Waals surface area contributed by atoms with Crippen molar-refractivity contribution in [2.24, 2.45) is 0 Å². The zero-order chi connectivity index (χ0) is 13.0. The van der Waals surface area contributed by atoms with Crippen molar-refractivity contribution in [2.45, 2.75) is 19.8 Å². The Morgan fingerprint density at radius 2 is 1.73 bits per heavy atom. The topological polar surface area (TPSA) is 0 Å². The van der Waals surface area contributed by atoms with Crippen molar-refractivity contribution in [3.63, 3.8) is 0 Å². The van der Waals surface area contributed by atoms with Gasteiger partial charge in [0.1, 0.15) is 0 Å². The van der Waals surface area contributed by atoms with Gasteiger partial charge in [-0.25, -0.2) is 0 Å². The molecular formula is C18H15Cl2PZr. The SMILES string of the molecule is CC1=PC2=C(C)C=C(C3C=Cc4ccccc43)C2=C1.[Cl-].[Cl-].[Zr+2]. The maximum atomic E-state index is 2.39. The number of allylic oxidation sites excluding steroid dienone is 7. The molecule has 1 aromatic carbocycles. The van der Waals surface area contributed by atoms with Crippen LogP contribution in [0, 0.1) is 0 Å². The molecule has 0 saturated heterocycles. The van der Waals surface area contributed by atoms with E-state index < -0.39 is 0 Å². The fraction of sp³-hybridized carbons (Fsp3) is 0.167. The zero-order valence-electron chi connectivity index (χ0n) is 12.4. The van der Waals surface area contributed by atoms with Crippen molar-refractivity contribution in [1.29, 1.82) is 0 Å². The molecule has 22 heavy (non-hydrogen) atoms. The van der Waals surface area contributed by atoms with E-state index in [2.05, 4.69) is 62.4 Å². The summed E-state index contributed by atoms with van der Waals surface area (Å²) in [7, 11) is 1.40. The van der Waals surface area contributed by atoms with Crippen molar-refractivity contribution in [1.82, 2.24) is 0 Å². The molecule has 0 amide bonds. The van der Waals surface area contributed by atoms with Crippen LogP contribution in [0.3, 0.4) is 0 Å². The average molecular weight is 424 g/mol. The molecule has 4 rings (SSSR count). The summed E-state index contributed by atoms with van der Waals surface area (Å²) in [5.41, 5.74) is 7.22. The van der Waals surface area contributed by atoms with Crippen molar-refractivity contribution in [3.05, 3.63) is 75.7 Å². The van der Waals surface area contributed by atoms with E-state index in [1.54, 1.807) is 0 Å². The number of benzene rings is 1. The zero-order valence-corrected chi connectivity index (χ0v) is 17.3. The molecule has 0 nitrogen and oxygen atoms in total. The van der Waals surface area contributed by atoms with Crippen LogP contribution in [0.5, 0.6) is 0 Å². The largest absolute Gasteiger partial charge is 2.00 e. The van der Waals surface area contributed by atoms with Gasteiger partial charge >= 0.3 is 26.2 Å². The Hall–Kier alpha value is -0.187. The Kier molecular flexibility index (Phi) is 6.85. The standard InChI is InChI=1S/C18H15P.2ClH.Zr/c1-11-9-16(17-10-12(2)19-18(11)17)15-8-7-13-5-3-4-6-14(13)15;;;/h3-10,15H,1-2H3;2*1H;/q;;;+2/p-2. The van der Waals surface area contributed by atoms with Crippen LogP contribution in [0.2, 0.25) is 0 Å². The molecule has 0 fully saturated rings. The van der Waals surface area contributed by atoms with E-state index >= 15 is 0 Å². The van der Waals surface area contributed by atoms with Gasteiger partial charge in [-0.2, -0.15) is 0 Å². The number of fused-ring (bicyclic) bond motifs is 2. The van der Waals surface area contributed by atoms with Crippen molar-refractivity contribution in [2.75, 3.05) is 0 Å². The molecule has 0 saturated carbocycles. The molecule has 110 valence electrons. The van der Waals surface area contributed by atoms with Crippen molar-refractivity contribution < 1.29 is 51.0 Å². The third kappa shape index (κ3) is 3.07. The fourth-order valence-corrected chi connectivity index (χ4v) is 4.33. The first kappa shape index (κ1) is 19.9. The molecule has 1 aliphatic heterocycles. The number of rotatable bonds is 1.